The molecule has 0 aromatic heterocycles. The van der Waals surface area contributed by atoms with Gasteiger partial charge >= 0.3 is 0 Å². The molecule has 18 heavy (non-hydrogen) atoms. The maximum absolute atomic E-state index is 8.69. The largest absolute Gasteiger partial charge is 0.409 e. The van der Waals surface area contributed by atoms with Crippen LogP contribution in [-0.2, 0) is 0 Å². The van der Waals surface area contributed by atoms with E-state index in [4.69, 9.17) is 10.9 Å². The SMILES string of the molecule is CCCCN(CC)c1ccc(/C(N)=N/O)c(Br)c1. The van der Waals surface area contributed by atoms with E-state index in [1.807, 2.05) is 18.2 Å². The predicted octanol–water partition coefficient (Wildman–Crippen LogP) is 3.17. The van der Waals surface area contributed by atoms with E-state index in [9.17, 15) is 0 Å². The van der Waals surface area contributed by atoms with Crippen LogP contribution in [0.5, 0.6) is 0 Å². The number of nitrogens with two attached hydrogens (primary N) is 1. The van der Waals surface area contributed by atoms with Gasteiger partial charge in [-0.2, -0.15) is 0 Å². The van der Waals surface area contributed by atoms with Crippen molar-refractivity contribution in [2.75, 3.05) is 18.0 Å². The van der Waals surface area contributed by atoms with Crippen LogP contribution in [0.25, 0.3) is 0 Å². The second-order valence-corrected chi connectivity index (χ2v) is 4.94. The van der Waals surface area contributed by atoms with Gasteiger partial charge in [-0.15, -0.1) is 0 Å². The quantitative estimate of drug-likeness (QED) is 0.367. The van der Waals surface area contributed by atoms with Crippen LogP contribution < -0.4 is 10.6 Å². The standard InChI is InChI=1S/C13H20BrN3O/c1-3-5-8-17(4-2)10-6-7-11(12(14)9-10)13(15)16-18/h6-7,9,18H,3-5,8H2,1-2H3,(H2,15,16). The highest BCUT2D eigenvalue weighted by Gasteiger charge is 2.09. The Morgan fingerprint density at radius 2 is 2.17 bits per heavy atom. The lowest BCUT2D eigenvalue weighted by Crippen LogP contribution is -2.24. The summed E-state index contributed by atoms with van der Waals surface area (Å²) in [6, 6.07) is 5.87. The molecule has 0 aliphatic heterocycles. The Hall–Kier alpha value is -1.23. The smallest absolute Gasteiger partial charge is 0.171 e. The van der Waals surface area contributed by atoms with Crippen molar-refractivity contribution in [1.29, 1.82) is 0 Å². The van der Waals surface area contributed by atoms with Gasteiger partial charge in [0.25, 0.3) is 0 Å². The number of anilines is 1. The second-order valence-electron chi connectivity index (χ2n) is 4.08. The molecule has 0 fully saturated rings. The fraction of sp³-hybridized carbons (Fsp3) is 0.462. The van der Waals surface area contributed by atoms with E-state index >= 15 is 0 Å². The van der Waals surface area contributed by atoms with Crippen LogP contribution in [0.1, 0.15) is 32.3 Å². The lowest BCUT2D eigenvalue weighted by Gasteiger charge is -2.23. The van der Waals surface area contributed by atoms with E-state index in [2.05, 4.69) is 39.8 Å². The summed E-state index contributed by atoms with van der Waals surface area (Å²) in [5, 5.41) is 11.7. The third-order valence-electron chi connectivity index (χ3n) is 2.86. The van der Waals surface area contributed by atoms with Gasteiger partial charge in [-0.05, 0) is 47.5 Å². The van der Waals surface area contributed by atoms with E-state index in [1.54, 1.807) is 0 Å². The monoisotopic (exact) mass is 313 g/mol. The molecule has 0 radical (unpaired) electrons. The first-order chi connectivity index (χ1) is 8.63. The Labute approximate surface area is 117 Å². The maximum Gasteiger partial charge on any atom is 0.171 e. The minimum Gasteiger partial charge on any atom is -0.409 e. The summed E-state index contributed by atoms with van der Waals surface area (Å²) < 4.78 is 0.838. The number of nitrogens with zero attached hydrogens (tertiary/aromatic N) is 2. The molecule has 3 N–H and O–H groups in total. The van der Waals surface area contributed by atoms with Gasteiger partial charge in [0.05, 0.1) is 0 Å². The summed E-state index contributed by atoms with van der Waals surface area (Å²) in [5.74, 6) is 0.116. The molecule has 0 aliphatic carbocycles. The molecule has 0 atom stereocenters. The zero-order valence-corrected chi connectivity index (χ0v) is 12.4. The Kier molecular flexibility index (Phi) is 5.98. The first kappa shape index (κ1) is 14.8. The fourth-order valence-corrected chi connectivity index (χ4v) is 2.35. The third kappa shape index (κ3) is 3.63. The fourth-order valence-electron chi connectivity index (χ4n) is 1.78. The molecular weight excluding hydrogens is 294 g/mol. The molecule has 0 bridgehead atoms. The number of oxime groups is 1. The second kappa shape index (κ2) is 7.26. The van der Waals surface area contributed by atoms with E-state index < -0.39 is 0 Å². The normalized spacial score (nSPS) is 11.6. The topological polar surface area (TPSA) is 61.8 Å². The molecule has 0 saturated carbocycles. The van der Waals surface area contributed by atoms with E-state index in [0.717, 1.165) is 23.2 Å². The Balaban J connectivity index is 2.95. The van der Waals surface area contributed by atoms with Gasteiger partial charge < -0.3 is 15.8 Å². The Morgan fingerprint density at radius 3 is 2.67 bits per heavy atom. The average Bonchev–Trinajstić information content (AvgIpc) is 2.39. The van der Waals surface area contributed by atoms with Crippen molar-refractivity contribution in [1.82, 2.24) is 0 Å². The number of halogens is 1. The molecule has 0 unspecified atom stereocenters. The highest BCUT2D eigenvalue weighted by Crippen LogP contribution is 2.24. The van der Waals surface area contributed by atoms with Crippen LogP contribution in [-0.4, -0.2) is 24.1 Å². The summed E-state index contributed by atoms with van der Waals surface area (Å²) in [5.41, 5.74) is 7.44. The van der Waals surface area contributed by atoms with Gasteiger partial charge in [0.1, 0.15) is 0 Å². The maximum atomic E-state index is 8.69. The molecule has 4 nitrogen and oxygen atoms in total. The van der Waals surface area contributed by atoms with Crippen LogP contribution >= 0.6 is 15.9 Å². The number of rotatable bonds is 6. The van der Waals surface area contributed by atoms with E-state index in [1.165, 1.54) is 12.8 Å². The van der Waals surface area contributed by atoms with Gasteiger partial charge in [-0.3, -0.25) is 0 Å². The molecule has 0 saturated heterocycles. The third-order valence-corrected chi connectivity index (χ3v) is 3.52. The highest BCUT2D eigenvalue weighted by molar-refractivity contribution is 9.10. The summed E-state index contributed by atoms with van der Waals surface area (Å²) in [6.07, 6.45) is 2.35. The minimum atomic E-state index is 0.116. The first-order valence-corrected chi connectivity index (χ1v) is 6.95. The Morgan fingerprint density at radius 1 is 1.44 bits per heavy atom. The zero-order chi connectivity index (χ0) is 13.5. The summed E-state index contributed by atoms with van der Waals surface area (Å²) in [7, 11) is 0. The van der Waals surface area contributed by atoms with Crippen LogP contribution in [0.3, 0.4) is 0 Å². The molecule has 100 valence electrons. The number of unbranched alkanes of at least 4 members (excludes halogenated alkanes) is 1. The van der Waals surface area contributed by atoms with Crippen LogP contribution in [0.4, 0.5) is 5.69 Å². The Bertz CT molecular complexity index is 421. The van der Waals surface area contributed by atoms with Crippen molar-refractivity contribution in [3.8, 4) is 0 Å². The van der Waals surface area contributed by atoms with Crippen molar-refractivity contribution in [2.24, 2.45) is 10.9 Å². The summed E-state index contributed by atoms with van der Waals surface area (Å²) in [4.78, 5) is 2.31. The van der Waals surface area contributed by atoms with Crippen molar-refractivity contribution in [3.63, 3.8) is 0 Å². The molecule has 1 aromatic carbocycles. The molecule has 1 aromatic rings. The highest BCUT2D eigenvalue weighted by atomic mass is 79.9. The van der Waals surface area contributed by atoms with Crippen molar-refractivity contribution < 1.29 is 5.21 Å². The van der Waals surface area contributed by atoms with E-state index in [-0.39, 0.29) is 5.84 Å². The van der Waals surface area contributed by atoms with Crippen molar-refractivity contribution in [3.05, 3.63) is 28.2 Å². The van der Waals surface area contributed by atoms with Crippen LogP contribution in [0.15, 0.2) is 27.8 Å². The van der Waals surface area contributed by atoms with Gasteiger partial charge in [-0.25, -0.2) is 0 Å². The first-order valence-electron chi connectivity index (χ1n) is 6.16. The number of benzene rings is 1. The van der Waals surface area contributed by atoms with Gasteiger partial charge in [0.15, 0.2) is 5.84 Å². The molecule has 0 heterocycles. The molecule has 0 spiro atoms. The molecule has 0 aliphatic rings. The van der Waals surface area contributed by atoms with Gasteiger partial charge in [0, 0.05) is 28.8 Å². The van der Waals surface area contributed by atoms with Crippen molar-refractivity contribution in [2.45, 2.75) is 26.7 Å². The zero-order valence-electron chi connectivity index (χ0n) is 10.9. The lowest BCUT2D eigenvalue weighted by atomic mass is 10.1. The lowest BCUT2D eigenvalue weighted by molar-refractivity contribution is 0.318. The molecular formula is C13H20BrN3O. The van der Waals surface area contributed by atoms with Crippen LogP contribution in [0, 0.1) is 0 Å². The number of amidine groups is 1. The molecule has 1 rings (SSSR count). The van der Waals surface area contributed by atoms with E-state index in [0.29, 0.717) is 5.56 Å². The molecule has 5 heteroatoms. The number of hydrogen-bond donors (Lipinski definition) is 2. The van der Waals surface area contributed by atoms with Crippen LogP contribution in [0.2, 0.25) is 0 Å². The minimum absolute atomic E-state index is 0.116. The number of hydrogen-bond acceptors (Lipinski definition) is 3. The summed E-state index contributed by atoms with van der Waals surface area (Å²) >= 11 is 3.46. The predicted molar refractivity (Wildman–Crippen MR) is 79.4 cm³/mol. The average molecular weight is 314 g/mol. The molecule has 0 amide bonds. The summed E-state index contributed by atoms with van der Waals surface area (Å²) in [6.45, 7) is 6.34. The van der Waals surface area contributed by atoms with Crippen molar-refractivity contribution >= 4 is 27.5 Å². The van der Waals surface area contributed by atoms with Gasteiger partial charge in [0.2, 0.25) is 0 Å². The van der Waals surface area contributed by atoms with Gasteiger partial charge in [-0.1, -0.05) is 18.5 Å².